The number of thiophene rings is 1. The first-order chi connectivity index (χ1) is 11.5. The smallest absolute Gasteiger partial charge is 0.345 e. The van der Waals surface area contributed by atoms with Gasteiger partial charge in [-0.05, 0) is 55.0 Å². The summed E-state index contributed by atoms with van der Waals surface area (Å²) in [5.74, 6) is -0.884. The van der Waals surface area contributed by atoms with Gasteiger partial charge in [0, 0.05) is 13.1 Å². The quantitative estimate of drug-likeness (QED) is 0.918. The SMILES string of the molecule is O=C(O)c1ccc(C(=O)N2CCC(Cc3cccc(F)c3)CC2)s1. The number of benzene rings is 1. The number of carboxylic acid groups (broad SMARTS) is 1. The molecule has 2 heterocycles. The van der Waals surface area contributed by atoms with Crippen LogP contribution in [-0.2, 0) is 6.42 Å². The van der Waals surface area contributed by atoms with Crippen LogP contribution in [0.1, 0.15) is 37.7 Å². The normalized spacial score (nSPS) is 15.5. The molecule has 3 rings (SSSR count). The topological polar surface area (TPSA) is 57.6 Å². The van der Waals surface area contributed by atoms with E-state index in [1.54, 1.807) is 23.1 Å². The van der Waals surface area contributed by atoms with Crippen LogP contribution in [0, 0.1) is 11.7 Å². The number of amides is 1. The van der Waals surface area contributed by atoms with E-state index < -0.39 is 5.97 Å². The molecular formula is C18H18FNO3S. The molecule has 0 unspecified atom stereocenters. The molecule has 0 radical (unpaired) electrons. The maximum Gasteiger partial charge on any atom is 0.345 e. The molecular weight excluding hydrogens is 329 g/mol. The van der Waals surface area contributed by atoms with Gasteiger partial charge in [0.15, 0.2) is 0 Å². The minimum absolute atomic E-state index is 0.100. The lowest BCUT2D eigenvalue weighted by Crippen LogP contribution is -2.38. The molecule has 1 aliphatic heterocycles. The van der Waals surface area contributed by atoms with Crippen molar-refractivity contribution in [3.05, 3.63) is 57.5 Å². The zero-order chi connectivity index (χ0) is 17.1. The molecule has 1 aromatic carbocycles. The van der Waals surface area contributed by atoms with E-state index in [1.807, 2.05) is 6.07 Å². The highest BCUT2D eigenvalue weighted by Gasteiger charge is 2.25. The minimum Gasteiger partial charge on any atom is -0.477 e. The summed E-state index contributed by atoms with van der Waals surface area (Å²) in [7, 11) is 0. The van der Waals surface area contributed by atoms with Crippen molar-refractivity contribution in [2.24, 2.45) is 5.92 Å². The third-order valence-electron chi connectivity index (χ3n) is 4.34. The molecule has 6 heteroatoms. The van der Waals surface area contributed by atoms with Crippen LogP contribution in [0.5, 0.6) is 0 Å². The highest BCUT2D eigenvalue weighted by Crippen LogP contribution is 2.25. The number of carbonyl (C=O) groups excluding carboxylic acids is 1. The summed E-state index contributed by atoms with van der Waals surface area (Å²) < 4.78 is 13.2. The van der Waals surface area contributed by atoms with Gasteiger partial charge in [0.05, 0.1) is 4.88 Å². The monoisotopic (exact) mass is 347 g/mol. The molecule has 126 valence electrons. The van der Waals surface area contributed by atoms with Crippen molar-refractivity contribution < 1.29 is 19.1 Å². The Balaban J connectivity index is 1.56. The molecule has 1 N–H and O–H groups in total. The van der Waals surface area contributed by atoms with Crippen LogP contribution in [0.3, 0.4) is 0 Å². The number of likely N-dealkylation sites (tertiary alicyclic amines) is 1. The van der Waals surface area contributed by atoms with Gasteiger partial charge < -0.3 is 10.0 Å². The van der Waals surface area contributed by atoms with Gasteiger partial charge >= 0.3 is 5.97 Å². The zero-order valence-electron chi connectivity index (χ0n) is 13.1. The number of rotatable bonds is 4. The van der Waals surface area contributed by atoms with Crippen molar-refractivity contribution in [1.29, 1.82) is 0 Å². The Hall–Kier alpha value is -2.21. The molecule has 1 saturated heterocycles. The van der Waals surface area contributed by atoms with Crippen LogP contribution in [-0.4, -0.2) is 35.0 Å². The Labute approximate surface area is 143 Å². The lowest BCUT2D eigenvalue weighted by atomic mass is 9.90. The van der Waals surface area contributed by atoms with Crippen LogP contribution >= 0.6 is 11.3 Å². The number of hydrogen-bond donors (Lipinski definition) is 1. The summed E-state index contributed by atoms with van der Waals surface area (Å²) in [6, 6.07) is 9.71. The Kier molecular flexibility index (Phi) is 4.94. The number of nitrogens with zero attached hydrogens (tertiary/aromatic N) is 1. The van der Waals surface area contributed by atoms with Crippen molar-refractivity contribution in [2.45, 2.75) is 19.3 Å². The average molecular weight is 347 g/mol. The Morgan fingerprint density at radius 3 is 2.50 bits per heavy atom. The number of carboxylic acids is 1. The maximum absolute atomic E-state index is 13.2. The second-order valence-electron chi connectivity index (χ2n) is 6.04. The average Bonchev–Trinajstić information content (AvgIpc) is 3.05. The molecule has 24 heavy (non-hydrogen) atoms. The first kappa shape index (κ1) is 16.6. The summed E-state index contributed by atoms with van der Waals surface area (Å²) in [4.78, 5) is 25.8. The van der Waals surface area contributed by atoms with Gasteiger partial charge in [0.1, 0.15) is 10.7 Å². The van der Waals surface area contributed by atoms with Crippen LogP contribution in [0.4, 0.5) is 4.39 Å². The second-order valence-corrected chi connectivity index (χ2v) is 7.12. The molecule has 0 saturated carbocycles. The number of halogens is 1. The largest absolute Gasteiger partial charge is 0.477 e. The van der Waals surface area contributed by atoms with Crippen molar-refractivity contribution in [1.82, 2.24) is 4.90 Å². The highest BCUT2D eigenvalue weighted by atomic mass is 32.1. The fourth-order valence-electron chi connectivity index (χ4n) is 3.06. The van der Waals surface area contributed by atoms with Gasteiger partial charge in [-0.3, -0.25) is 4.79 Å². The van der Waals surface area contributed by atoms with Crippen LogP contribution in [0.2, 0.25) is 0 Å². The standard InChI is InChI=1S/C18H18FNO3S/c19-14-3-1-2-13(11-14)10-12-6-8-20(9-7-12)17(21)15-4-5-16(24-15)18(22)23/h1-5,11-12H,6-10H2,(H,22,23). The number of aromatic carboxylic acids is 1. The molecule has 1 fully saturated rings. The lowest BCUT2D eigenvalue weighted by Gasteiger charge is -2.31. The van der Waals surface area contributed by atoms with Gasteiger partial charge in [-0.1, -0.05) is 12.1 Å². The number of carbonyl (C=O) groups is 2. The van der Waals surface area contributed by atoms with Gasteiger partial charge in [-0.2, -0.15) is 0 Å². The number of hydrogen-bond acceptors (Lipinski definition) is 3. The fourth-order valence-corrected chi connectivity index (χ4v) is 3.87. The van der Waals surface area contributed by atoms with E-state index >= 15 is 0 Å². The van der Waals surface area contributed by atoms with E-state index in [0.29, 0.717) is 23.9 Å². The molecule has 4 nitrogen and oxygen atoms in total. The predicted molar refractivity (Wildman–Crippen MR) is 90.0 cm³/mol. The molecule has 0 atom stereocenters. The van der Waals surface area contributed by atoms with Crippen molar-refractivity contribution in [3.63, 3.8) is 0 Å². The van der Waals surface area contributed by atoms with Crippen LogP contribution < -0.4 is 0 Å². The molecule has 0 aliphatic carbocycles. The Morgan fingerprint density at radius 1 is 1.17 bits per heavy atom. The molecule has 1 amide bonds. The Morgan fingerprint density at radius 2 is 1.88 bits per heavy atom. The van der Waals surface area contributed by atoms with Crippen LogP contribution in [0.15, 0.2) is 36.4 Å². The zero-order valence-corrected chi connectivity index (χ0v) is 13.9. The third-order valence-corrected chi connectivity index (χ3v) is 5.40. The van der Waals surface area contributed by atoms with Gasteiger partial charge in [-0.25, -0.2) is 9.18 Å². The van der Waals surface area contributed by atoms with Gasteiger partial charge in [0.2, 0.25) is 0 Å². The molecule has 0 spiro atoms. The molecule has 0 bridgehead atoms. The third kappa shape index (κ3) is 3.82. The highest BCUT2D eigenvalue weighted by molar-refractivity contribution is 7.15. The van der Waals surface area contributed by atoms with Gasteiger partial charge in [0.25, 0.3) is 5.91 Å². The van der Waals surface area contributed by atoms with Crippen molar-refractivity contribution in [2.75, 3.05) is 13.1 Å². The molecule has 1 aromatic heterocycles. The van der Waals surface area contributed by atoms with E-state index in [-0.39, 0.29) is 16.6 Å². The summed E-state index contributed by atoms with van der Waals surface area (Å²) in [6.45, 7) is 1.30. The second kappa shape index (κ2) is 7.13. The first-order valence-electron chi connectivity index (χ1n) is 7.90. The first-order valence-corrected chi connectivity index (χ1v) is 8.71. The maximum atomic E-state index is 13.2. The molecule has 1 aliphatic rings. The fraction of sp³-hybridized carbons (Fsp3) is 0.333. The summed E-state index contributed by atoms with van der Waals surface area (Å²) >= 11 is 1.02. The van der Waals surface area contributed by atoms with Crippen molar-refractivity contribution >= 4 is 23.2 Å². The van der Waals surface area contributed by atoms with Gasteiger partial charge in [-0.15, -0.1) is 11.3 Å². The van der Waals surface area contributed by atoms with E-state index in [2.05, 4.69) is 0 Å². The van der Waals surface area contributed by atoms with Crippen LogP contribution in [0.25, 0.3) is 0 Å². The van der Waals surface area contributed by atoms with E-state index in [9.17, 15) is 14.0 Å². The van der Waals surface area contributed by atoms with E-state index in [4.69, 9.17) is 5.11 Å². The Bertz CT molecular complexity index is 750. The van der Waals surface area contributed by atoms with E-state index in [0.717, 1.165) is 36.2 Å². The molecule has 2 aromatic rings. The van der Waals surface area contributed by atoms with E-state index in [1.165, 1.54) is 12.1 Å². The number of piperidine rings is 1. The van der Waals surface area contributed by atoms with Crippen molar-refractivity contribution in [3.8, 4) is 0 Å². The summed E-state index contributed by atoms with van der Waals surface area (Å²) in [6.07, 6.45) is 2.57. The predicted octanol–water partition coefficient (Wildman–Crippen LogP) is 3.68. The minimum atomic E-state index is -1.01. The summed E-state index contributed by atoms with van der Waals surface area (Å²) in [5, 5.41) is 8.94. The lowest BCUT2D eigenvalue weighted by molar-refractivity contribution is 0.0691. The summed E-state index contributed by atoms with van der Waals surface area (Å²) in [5.41, 5.74) is 0.990.